The molecule has 2 nitrogen and oxygen atoms in total. The first kappa shape index (κ1) is 12.5. The molecule has 86 valence electrons. The summed E-state index contributed by atoms with van der Waals surface area (Å²) in [5.41, 5.74) is 1.56. The molecule has 1 aromatic rings. The van der Waals surface area contributed by atoms with E-state index in [9.17, 15) is 4.79 Å². The number of esters is 1. The SMILES string of the molecule is CCOC(=O)C(=CC(C)C)c1ccccc1. The molecule has 0 atom stereocenters. The Labute approximate surface area is 96.9 Å². The van der Waals surface area contributed by atoms with Crippen LogP contribution in [0.15, 0.2) is 36.4 Å². The molecule has 0 saturated heterocycles. The number of hydrogen-bond donors (Lipinski definition) is 0. The molecule has 0 aromatic heterocycles. The van der Waals surface area contributed by atoms with Crippen molar-refractivity contribution in [3.63, 3.8) is 0 Å². The van der Waals surface area contributed by atoms with Gasteiger partial charge in [0.05, 0.1) is 12.2 Å². The summed E-state index contributed by atoms with van der Waals surface area (Å²) in [6, 6.07) is 9.61. The molecular formula is C14H18O2. The number of benzene rings is 1. The Bertz CT molecular complexity index is 364. The molecule has 0 N–H and O–H groups in total. The molecule has 1 rings (SSSR count). The number of ether oxygens (including phenoxy) is 1. The number of hydrogen-bond acceptors (Lipinski definition) is 2. The van der Waals surface area contributed by atoms with Gasteiger partial charge in [0.1, 0.15) is 0 Å². The van der Waals surface area contributed by atoms with Crippen LogP contribution in [0.5, 0.6) is 0 Å². The van der Waals surface area contributed by atoms with Crippen molar-refractivity contribution < 1.29 is 9.53 Å². The molecule has 0 bridgehead atoms. The number of allylic oxidation sites excluding steroid dienone is 1. The standard InChI is InChI=1S/C14H18O2/c1-4-16-14(15)13(10-11(2)3)12-8-6-5-7-9-12/h5-11H,4H2,1-3H3. The summed E-state index contributed by atoms with van der Waals surface area (Å²) in [7, 11) is 0. The minimum Gasteiger partial charge on any atom is -0.462 e. The lowest BCUT2D eigenvalue weighted by atomic mass is 10.0. The summed E-state index contributed by atoms with van der Waals surface area (Å²) < 4.78 is 5.05. The molecule has 2 heteroatoms. The maximum atomic E-state index is 11.8. The summed E-state index contributed by atoms with van der Waals surface area (Å²) in [6.45, 7) is 6.31. The predicted molar refractivity (Wildman–Crippen MR) is 65.9 cm³/mol. The highest BCUT2D eigenvalue weighted by Gasteiger charge is 2.12. The van der Waals surface area contributed by atoms with Crippen molar-refractivity contribution in [2.24, 2.45) is 5.92 Å². The molecule has 0 radical (unpaired) electrons. The normalized spacial score (nSPS) is 11.6. The van der Waals surface area contributed by atoms with Crippen molar-refractivity contribution in [2.45, 2.75) is 20.8 Å². The van der Waals surface area contributed by atoms with Gasteiger partial charge in [0.25, 0.3) is 0 Å². The van der Waals surface area contributed by atoms with Crippen molar-refractivity contribution in [3.8, 4) is 0 Å². The molecule has 0 heterocycles. The second-order valence-corrected chi connectivity index (χ2v) is 3.91. The molecule has 0 spiro atoms. The molecule has 0 saturated carbocycles. The maximum Gasteiger partial charge on any atom is 0.338 e. The predicted octanol–water partition coefficient (Wildman–Crippen LogP) is 3.29. The lowest BCUT2D eigenvalue weighted by molar-refractivity contribution is -0.136. The average Bonchev–Trinajstić information content (AvgIpc) is 2.27. The summed E-state index contributed by atoms with van der Waals surface area (Å²) in [4.78, 5) is 11.8. The van der Waals surface area contributed by atoms with Gasteiger partial charge in [0.15, 0.2) is 0 Å². The second kappa shape index (κ2) is 6.11. The van der Waals surface area contributed by atoms with Crippen LogP contribution >= 0.6 is 0 Å². The van der Waals surface area contributed by atoms with Gasteiger partial charge in [-0.1, -0.05) is 50.3 Å². The summed E-state index contributed by atoms with van der Waals surface area (Å²) in [6.07, 6.45) is 1.94. The van der Waals surface area contributed by atoms with E-state index in [2.05, 4.69) is 0 Å². The average molecular weight is 218 g/mol. The lowest BCUT2D eigenvalue weighted by Gasteiger charge is -2.08. The van der Waals surface area contributed by atoms with E-state index in [0.29, 0.717) is 18.1 Å². The highest BCUT2D eigenvalue weighted by molar-refractivity contribution is 6.16. The molecule has 0 unspecified atom stereocenters. The minimum absolute atomic E-state index is 0.248. The third-order valence-corrected chi connectivity index (χ3v) is 2.08. The van der Waals surface area contributed by atoms with E-state index in [1.54, 1.807) is 0 Å². The smallest absolute Gasteiger partial charge is 0.338 e. The van der Waals surface area contributed by atoms with E-state index in [-0.39, 0.29) is 5.97 Å². The fraction of sp³-hybridized carbons (Fsp3) is 0.357. The van der Waals surface area contributed by atoms with Crippen molar-refractivity contribution >= 4 is 11.5 Å². The minimum atomic E-state index is -0.248. The zero-order chi connectivity index (χ0) is 12.0. The van der Waals surface area contributed by atoms with Gasteiger partial charge in [-0.05, 0) is 18.4 Å². The maximum absolute atomic E-state index is 11.8. The van der Waals surface area contributed by atoms with Crippen molar-refractivity contribution in [1.29, 1.82) is 0 Å². The summed E-state index contributed by atoms with van der Waals surface area (Å²) in [5.74, 6) is 0.0713. The second-order valence-electron chi connectivity index (χ2n) is 3.91. The Hall–Kier alpha value is -1.57. The molecule has 0 aliphatic rings. The first-order valence-corrected chi connectivity index (χ1v) is 5.59. The van der Waals surface area contributed by atoms with Crippen LogP contribution in [0.25, 0.3) is 5.57 Å². The van der Waals surface area contributed by atoms with Crippen LogP contribution in [0.1, 0.15) is 26.3 Å². The van der Waals surface area contributed by atoms with E-state index in [0.717, 1.165) is 5.56 Å². The fourth-order valence-electron chi connectivity index (χ4n) is 1.44. The Kier molecular flexibility index (Phi) is 4.77. The number of carbonyl (C=O) groups is 1. The van der Waals surface area contributed by atoms with Crippen molar-refractivity contribution in [2.75, 3.05) is 6.61 Å². The third kappa shape index (κ3) is 3.54. The number of rotatable bonds is 4. The van der Waals surface area contributed by atoms with Gasteiger partial charge in [0.2, 0.25) is 0 Å². The van der Waals surface area contributed by atoms with Crippen LogP contribution in [-0.2, 0) is 9.53 Å². The van der Waals surface area contributed by atoms with Gasteiger partial charge in [-0.15, -0.1) is 0 Å². The van der Waals surface area contributed by atoms with Crippen LogP contribution in [0.3, 0.4) is 0 Å². The van der Waals surface area contributed by atoms with E-state index in [4.69, 9.17) is 4.74 Å². The Morgan fingerprint density at radius 1 is 1.31 bits per heavy atom. The fourth-order valence-corrected chi connectivity index (χ4v) is 1.44. The lowest BCUT2D eigenvalue weighted by Crippen LogP contribution is -2.07. The zero-order valence-corrected chi connectivity index (χ0v) is 10.1. The van der Waals surface area contributed by atoms with Gasteiger partial charge in [0, 0.05) is 0 Å². The van der Waals surface area contributed by atoms with Crippen LogP contribution in [0, 0.1) is 5.92 Å². The molecule has 1 aromatic carbocycles. The van der Waals surface area contributed by atoms with E-state index >= 15 is 0 Å². The van der Waals surface area contributed by atoms with Crippen LogP contribution in [0.4, 0.5) is 0 Å². The van der Waals surface area contributed by atoms with Crippen LogP contribution in [0.2, 0.25) is 0 Å². The Morgan fingerprint density at radius 2 is 1.94 bits per heavy atom. The quantitative estimate of drug-likeness (QED) is 0.572. The van der Waals surface area contributed by atoms with E-state index in [1.165, 1.54) is 0 Å². The zero-order valence-electron chi connectivity index (χ0n) is 10.1. The third-order valence-electron chi connectivity index (χ3n) is 2.08. The van der Waals surface area contributed by atoms with Gasteiger partial charge >= 0.3 is 5.97 Å². The van der Waals surface area contributed by atoms with Gasteiger partial charge in [-0.25, -0.2) is 4.79 Å². The van der Waals surface area contributed by atoms with Gasteiger partial charge in [-0.3, -0.25) is 0 Å². The summed E-state index contributed by atoms with van der Waals surface area (Å²) >= 11 is 0. The molecule has 16 heavy (non-hydrogen) atoms. The first-order chi connectivity index (χ1) is 7.65. The van der Waals surface area contributed by atoms with Crippen molar-refractivity contribution in [3.05, 3.63) is 42.0 Å². The Morgan fingerprint density at radius 3 is 2.44 bits per heavy atom. The van der Waals surface area contributed by atoms with Crippen molar-refractivity contribution in [1.82, 2.24) is 0 Å². The monoisotopic (exact) mass is 218 g/mol. The molecule has 0 fully saturated rings. The van der Waals surface area contributed by atoms with Gasteiger partial charge in [-0.2, -0.15) is 0 Å². The number of carbonyl (C=O) groups excluding carboxylic acids is 1. The Balaban J connectivity index is 3.02. The van der Waals surface area contributed by atoms with Gasteiger partial charge < -0.3 is 4.74 Å². The molecule has 0 aliphatic heterocycles. The van der Waals surface area contributed by atoms with E-state index < -0.39 is 0 Å². The molecular weight excluding hydrogens is 200 g/mol. The molecule has 0 amide bonds. The highest BCUT2D eigenvalue weighted by Crippen LogP contribution is 2.18. The molecule has 0 aliphatic carbocycles. The van der Waals surface area contributed by atoms with Crippen LogP contribution in [-0.4, -0.2) is 12.6 Å². The summed E-state index contributed by atoms with van der Waals surface area (Å²) in [5, 5.41) is 0. The highest BCUT2D eigenvalue weighted by atomic mass is 16.5. The largest absolute Gasteiger partial charge is 0.462 e. The van der Waals surface area contributed by atoms with E-state index in [1.807, 2.05) is 57.2 Å². The first-order valence-electron chi connectivity index (χ1n) is 5.59. The topological polar surface area (TPSA) is 26.3 Å². The van der Waals surface area contributed by atoms with Crippen LogP contribution < -0.4 is 0 Å².